The van der Waals surface area contributed by atoms with Crippen LogP contribution in [0.25, 0.3) is 10.8 Å². The van der Waals surface area contributed by atoms with Crippen LogP contribution in [0, 0.1) is 29.6 Å². The lowest BCUT2D eigenvalue weighted by atomic mass is 9.68. The van der Waals surface area contributed by atoms with Crippen LogP contribution in [0.1, 0.15) is 28.3 Å². The van der Waals surface area contributed by atoms with E-state index < -0.39 is 41.3 Å². The summed E-state index contributed by atoms with van der Waals surface area (Å²) in [5, 5.41) is 5.67. The normalized spacial score (nSPS) is 26.0. The molecule has 3 heterocycles. The highest BCUT2D eigenvalue weighted by atomic mass is 35.5. The number of carbonyl (C=O) groups is 3. The molecule has 3 amide bonds. The molecule has 9 rings (SSSR count). The highest BCUT2D eigenvalue weighted by Crippen LogP contribution is 2.69. The Hall–Kier alpha value is -4.59. The molecule has 2 aliphatic heterocycles. The zero-order valence-electron chi connectivity index (χ0n) is 26.9. The van der Waals surface area contributed by atoms with Crippen molar-refractivity contribution >= 4 is 74.6 Å². The number of halogens is 4. The van der Waals surface area contributed by atoms with Crippen molar-refractivity contribution in [1.29, 1.82) is 0 Å². The van der Waals surface area contributed by atoms with Crippen LogP contribution in [0.4, 0.5) is 24.5 Å². The van der Waals surface area contributed by atoms with Gasteiger partial charge in [0.05, 0.1) is 28.1 Å². The number of hydrogen-bond acceptors (Lipinski definition) is 7. The molecule has 0 radical (unpaired) electrons. The molecule has 1 aromatic heterocycles. The van der Waals surface area contributed by atoms with Crippen LogP contribution < -0.4 is 19.8 Å². The molecule has 2 saturated carbocycles. The average molecular weight is 762 g/mol. The number of benzene rings is 4. The van der Waals surface area contributed by atoms with Gasteiger partial charge in [-0.1, -0.05) is 65.4 Å². The van der Waals surface area contributed by atoms with Crippen molar-refractivity contribution in [3.8, 4) is 5.75 Å². The Morgan fingerprint density at radius 3 is 2.50 bits per heavy atom. The fourth-order valence-electron chi connectivity index (χ4n) is 9.00. The fourth-order valence-corrected chi connectivity index (χ4v) is 12.1. The van der Waals surface area contributed by atoms with Crippen LogP contribution in [0.2, 0.25) is 5.02 Å². The van der Waals surface area contributed by atoms with Gasteiger partial charge >= 0.3 is 11.0 Å². The molecular weight excluding hydrogens is 735 g/mol. The Bertz CT molecular complexity index is 2370. The SMILES string of the molecule is O=C(COc1ccc(Cl)cc1[C@H]1c2sc(=O)[nH]c2SC2C1[C@H]1C[C@@H]2C2C(=O)N(c3cccc(C(F)(F)F)c3)C(=O)C21)Nc1cccc2ccccc12. The topological polar surface area (TPSA) is 109 Å². The van der Waals surface area contributed by atoms with Gasteiger partial charge in [-0.3, -0.25) is 24.1 Å². The minimum Gasteiger partial charge on any atom is -0.483 e. The van der Waals surface area contributed by atoms with Gasteiger partial charge in [-0.2, -0.15) is 13.2 Å². The number of aromatic nitrogens is 1. The quantitative estimate of drug-likeness (QED) is 0.170. The van der Waals surface area contributed by atoms with E-state index in [1.807, 2.05) is 42.5 Å². The van der Waals surface area contributed by atoms with Crippen molar-refractivity contribution in [2.75, 3.05) is 16.8 Å². The zero-order chi connectivity index (χ0) is 36.1. The first-order valence-electron chi connectivity index (χ1n) is 16.6. The summed E-state index contributed by atoms with van der Waals surface area (Å²) in [6.07, 6.45) is -4.07. The summed E-state index contributed by atoms with van der Waals surface area (Å²) >= 11 is 9.13. The third kappa shape index (κ3) is 5.27. The minimum absolute atomic E-state index is 0.0958. The van der Waals surface area contributed by atoms with E-state index in [0.717, 1.165) is 44.0 Å². The number of alkyl halides is 3. The number of thiazole rings is 1. The second-order valence-electron chi connectivity index (χ2n) is 13.6. The molecule has 7 atom stereocenters. The van der Waals surface area contributed by atoms with Gasteiger partial charge in [0.25, 0.3) is 5.91 Å². The Morgan fingerprint density at radius 2 is 1.69 bits per heavy atom. The number of rotatable bonds is 6. The molecule has 2 aliphatic carbocycles. The number of thioether (sulfide) groups is 1. The van der Waals surface area contributed by atoms with Gasteiger partial charge in [0, 0.05) is 37.7 Å². The number of amides is 3. The number of imide groups is 1. The monoisotopic (exact) mass is 761 g/mol. The molecule has 52 heavy (non-hydrogen) atoms. The maximum absolute atomic E-state index is 14.1. The number of ether oxygens (including phenoxy) is 1. The Labute approximate surface area is 307 Å². The molecule has 0 spiro atoms. The van der Waals surface area contributed by atoms with Crippen molar-refractivity contribution in [3.05, 3.63) is 116 Å². The molecule has 4 aromatic carbocycles. The van der Waals surface area contributed by atoms with E-state index in [1.54, 1.807) is 18.2 Å². The van der Waals surface area contributed by atoms with Gasteiger partial charge in [0.2, 0.25) is 11.8 Å². The molecule has 14 heteroatoms. The molecule has 8 nitrogen and oxygen atoms in total. The summed E-state index contributed by atoms with van der Waals surface area (Å²) < 4.78 is 47.0. The smallest absolute Gasteiger partial charge is 0.416 e. The largest absolute Gasteiger partial charge is 0.483 e. The highest BCUT2D eigenvalue weighted by Gasteiger charge is 2.70. The number of fused-ring (bicyclic) bond motifs is 10. The number of nitrogens with zero attached hydrogens (tertiary/aromatic N) is 1. The number of nitrogens with one attached hydrogen (secondary N) is 2. The van der Waals surface area contributed by atoms with Gasteiger partial charge in [-0.15, -0.1) is 11.8 Å². The van der Waals surface area contributed by atoms with Gasteiger partial charge in [0.1, 0.15) is 5.75 Å². The Kier molecular flexibility index (Phi) is 7.83. The van der Waals surface area contributed by atoms with Crippen LogP contribution in [-0.2, 0) is 20.6 Å². The number of carbonyl (C=O) groups excluding carboxylic acids is 3. The van der Waals surface area contributed by atoms with Crippen molar-refractivity contribution < 1.29 is 32.3 Å². The summed E-state index contributed by atoms with van der Waals surface area (Å²) in [6.45, 7) is -0.320. The van der Waals surface area contributed by atoms with E-state index in [1.165, 1.54) is 23.9 Å². The molecule has 3 fully saturated rings. The van der Waals surface area contributed by atoms with Crippen LogP contribution >= 0.6 is 34.7 Å². The fraction of sp³-hybridized carbons (Fsp3) is 0.263. The molecule has 2 bridgehead atoms. The molecule has 264 valence electrons. The van der Waals surface area contributed by atoms with E-state index in [4.69, 9.17) is 16.3 Å². The summed E-state index contributed by atoms with van der Waals surface area (Å²) in [7, 11) is 0. The third-order valence-corrected chi connectivity index (χ3v) is 13.7. The average Bonchev–Trinajstić information content (AvgIpc) is 3.86. The summed E-state index contributed by atoms with van der Waals surface area (Å²) in [5.41, 5.74) is 0.250. The van der Waals surface area contributed by atoms with E-state index in [9.17, 15) is 32.3 Å². The molecule has 2 N–H and O–H groups in total. The number of H-pyrrole nitrogens is 1. The van der Waals surface area contributed by atoms with E-state index >= 15 is 0 Å². The number of anilines is 2. The molecular formula is C38H27ClF3N3O5S2. The standard InChI is InChI=1S/C38H27ClF3N3O5S2/c39-19-11-12-26(50-16-27(46)43-25-10-3-6-17-5-1-2-9-21(17)25)22(14-19)28-29-23-15-24(32(29)51-34-33(28)52-37(49)44-34)31-30(23)35(47)45(36(31)48)20-8-4-7-18(13-20)38(40,41)42/h1-14,23-24,28-32H,15-16H2,(H,43,46)(H,44,49)/t23-,24-,28-,29?,30?,31?,32?/m1/s1. The van der Waals surface area contributed by atoms with Crippen molar-refractivity contribution in [2.24, 2.45) is 29.6 Å². The second kappa shape index (κ2) is 12.2. The van der Waals surface area contributed by atoms with Gasteiger partial charge < -0.3 is 15.0 Å². The highest BCUT2D eigenvalue weighted by molar-refractivity contribution is 8.00. The van der Waals surface area contributed by atoms with Gasteiger partial charge in [0.15, 0.2) is 6.61 Å². The Balaban J connectivity index is 1.05. The molecule has 4 aliphatic rings. The van der Waals surface area contributed by atoms with Crippen molar-refractivity contribution in [1.82, 2.24) is 4.98 Å². The zero-order valence-corrected chi connectivity index (χ0v) is 29.2. The predicted molar refractivity (Wildman–Crippen MR) is 192 cm³/mol. The van der Waals surface area contributed by atoms with Crippen LogP contribution in [-0.4, -0.2) is 34.6 Å². The summed E-state index contributed by atoms with van der Waals surface area (Å²) in [6, 6.07) is 22.7. The number of hydrogen-bond donors (Lipinski definition) is 2. The van der Waals surface area contributed by atoms with Gasteiger partial charge in [-0.25, -0.2) is 0 Å². The maximum atomic E-state index is 14.1. The van der Waals surface area contributed by atoms with Crippen molar-refractivity contribution in [3.63, 3.8) is 0 Å². The first kappa shape index (κ1) is 33.3. The first-order valence-corrected chi connectivity index (χ1v) is 18.7. The van der Waals surface area contributed by atoms with E-state index in [0.29, 0.717) is 33.5 Å². The lowest BCUT2D eigenvalue weighted by Gasteiger charge is -2.43. The minimum atomic E-state index is -4.64. The van der Waals surface area contributed by atoms with Gasteiger partial charge in [-0.05, 0) is 72.0 Å². The van der Waals surface area contributed by atoms with Crippen molar-refractivity contribution in [2.45, 2.75) is 28.8 Å². The second-order valence-corrected chi connectivity index (χ2v) is 16.2. The summed E-state index contributed by atoms with van der Waals surface area (Å²) in [5.74, 6) is -3.70. The lowest BCUT2D eigenvalue weighted by Crippen LogP contribution is -2.42. The molecule has 4 unspecified atom stereocenters. The van der Waals surface area contributed by atoms with Crippen LogP contribution in [0.3, 0.4) is 0 Å². The van der Waals surface area contributed by atoms with E-state index in [-0.39, 0.29) is 46.1 Å². The summed E-state index contributed by atoms with van der Waals surface area (Å²) in [4.78, 5) is 58.5. The number of aromatic amines is 1. The van der Waals surface area contributed by atoms with E-state index in [2.05, 4.69) is 10.3 Å². The van der Waals surface area contributed by atoms with Crippen LogP contribution in [0.5, 0.6) is 5.75 Å². The third-order valence-electron chi connectivity index (χ3n) is 10.9. The Morgan fingerprint density at radius 1 is 0.942 bits per heavy atom. The molecule has 1 saturated heterocycles. The predicted octanol–water partition coefficient (Wildman–Crippen LogP) is 7.96. The molecule has 5 aromatic rings. The first-order chi connectivity index (χ1) is 25.0. The maximum Gasteiger partial charge on any atom is 0.416 e. The van der Waals surface area contributed by atoms with Crippen LogP contribution in [0.15, 0.2) is 94.7 Å². The lowest BCUT2D eigenvalue weighted by molar-refractivity contribution is -0.137.